The lowest BCUT2D eigenvalue weighted by atomic mass is 10.1. The zero-order valence-electron chi connectivity index (χ0n) is 11.1. The predicted molar refractivity (Wildman–Crippen MR) is 83.0 cm³/mol. The van der Waals surface area contributed by atoms with Crippen LogP contribution in [0.15, 0.2) is 41.1 Å². The van der Waals surface area contributed by atoms with Gasteiger partial charge in [0.2, 0.25) is 5.91 Å². The van der Waals surface area contributed by atoms with E-state index in [0.717, 1.165) is 24.9 Å². The predicted octanol–water partition coefficient (Wildman–Crippen LogP) is 4.14. The molecule has 1 aromatic heterocycles. The molecule has 1 fully saturated rings. The zero-order valence-corrected chi connectivity index (χ0v) is 12.7. The minimum atomic E-state index is 0.173. The third kappa shape index (κ3) is 3.22. The van der Waals surface area contributed by atoms with E-state index in [1.165, 1.54) is 5.56 Å². The van der Waals surface area contributed by atoms with Crippen LogP contribution in [0.5, 0.6) is 0 Å². The Morgan fingerprint density at radius 3 is 2.75 bits per heavy atom. The highest BCUT2D eigenvalue weighted by atomic mass is 35.5. The lowest BCUT2D eigenvalue weighted by Crippen LogP contribution is -2.33. The van der Waals surface area contributed by atoms with Gasteiger partial charge in [-0.2, -0.15) is 11.3 Å². The van der Waals surface area contributed by atoms with Gasteiger partial charge in [0, 0.05) is 17.6 Å². The Morgan fingerprint density at radius 1 is 1.30 bits per heavy atom. The number of amides is 1. The summed E-state index contributed by atoms with van der Waals surface area (Å²) < 4.78 is 0. The van der Waals surface area contributed by atoms with Crippen molar-refractivity contribution in [2.45, 2.75) is 31.8 Å². The second kappa shape index (κ2) is 5.98. The van der Waals surface area contributed by atoms with Crippen LogP contribution in [0.3, 0.4) is 0 Å². The van der Waals surface area contributed by atoms with Crippen LogP contribution in [0.2, 0.25) is 5.02 Å². The van der Waals surface area contributed by atoms with Gasteiger partial charge < -0.3 is 4.90 Å². The number of rotatable bonds is 5. The van der Waals surface area contributed by atoms with Crippen molar-refractivity contribution >= 4 is 28.8 Å². The Morgan fingerprint density at radius 2 is 2.10 bits per heavy atom. The maximum atomic E-state index is 12.5. The van der Waals surface area contributed by atoms with Crippen molar-refractivity contribution in [3.63, 3.8) is 0 Å². The number of carbonyl (C=O) groups excluding carboxylic acids is 1. The molecule has 4 heteroatoms. The first kappa shape index (κ1) is 13.7. The van der Waals surface area contributed by atoms with Crippen molar-refractivity contribution in [1.29, 1.82) is 0 Å². The Labute approximate surface area is 128 Å². The van der Waals surface area contributed by atoms with Gasteiger partial charge in [-0.15, -0.1) is 0 Å². The monoisotopic (exact) mass is 305 g/mol. The van der Waals surface area contributed by atoms with E-state index in [1.807, 2.05) is 29.2 Å². The van der Waals surface area contributed by atoms with Gasteiger partial charge in [0.1, 0.15) is 0 Å². The normalized spacial score (nSPS) is 14.2. The van der Waals surface area contributed by atoms with Gasteiger partial charge in [0.15, 0.2) is 0 Å². The molecule has 1 aliphatic carbocycles. The third-order valence-electron chi connectivity index (χ3n) is 3.54. The zero-order chi connectivity index (χ0) is 13.9. The highest BCUT2D eigenvalue weighted by Gasteiger charge is 2.32. The van der Waals surface area contributed by atoms with Crippen LogP contribution in [-0.2, 0) is 17.8 Å². The number of hydrogen-bond donors (Lipinski definition) is 0. The second-order valence-corrected chi connectivity index (χ2v) is 6.34. The number of hydrogen-bond acceptors (Lipinski definition) is 2. The van der Waals surface area contributed by atoms with Crippen LogP contribution >= 0.6 is 22.9 Å². The van der Waals surface area contributed by atoms with E-state index in [4.69, 9.17) is 11.6 Å². The van der Waals surface area contributed by atoms with E-state index >= 15 is 0 Å². The molecular weight excluding hydrogens is 290 g/mol. The molecule has 20 heavy (non-hydrogen) atoms. The molecule has 0 unspecified atom stereocenters. The number of carbonyl (C=O) groups is 1. The molecule has 0 spiro atoms. The van der Waals surface area contributed by atoms with Crippen molar-refractivity contribution in [1.82, 2.24) is 4.90 Å². The summed E-state index contributed by atoms with van der Waals surface area (Å²) in [6.45, 7) is 0.720. The van der Waals surface area contributed by atoms with Gasteiger partial charge in [-0.1, -0.05) is 29.8 Å². The Balaban J connectivity index is 1.71. The molecule has 104 valence electrons. The Bertz CT molecular complexity index is 592. The van der Waals surface area contributed by atoms with E-state index in [0.29, 0.717) is 17.5 Å². The number of nitrogens with zero attached hydrogens (tertiary/aromatic N) is 1. The Hall–Kier alpha value is -1.32. The average molecular weight is 306 g/mol. The van der Waals surface area contributed by atoms with Gasteiger partial charge in [-0.05, 0) is 46.9 Å². The van der Waals surface area contributed by atoms with E-state index in [2.05, 4.69) is 16.8 Å². The lowest BCUT2D eigenvalue weighted by Gasteiger charge is -2.22. The molecule has 2 nitrogen and oxygen atoms in total. The fraction of sp³-hybridized carbons (Fsp3) is 0.312. The molecule has 0 N–H and O–H groups in total. The number of benzene rings is 1. The maximum absolute atomic E-state index is 12.5. The van der Waals surface area contributed by atoms with Crippen molar-refractivity contribution in [2.75, 3.05) is 0 Å². The van der Waals surface area contributed by atoms with Crippen molar-refractivity contribution in [3.8, 4) is 0 Å². The first-order valence-electron chi connectivity index (χ1n) is 6.78. The van der Waals surface area contributed by atoms with Gasteiger partial charge in [-0.25, -0.2) is 0 Å². The Kier molecular flexibility index (Phi) is 4.08. The van der Waals surface area contributed by atoms with Crippen molar-refractivity contribution < 1.29 is 4.79 Å². The average Bonchev–Trinajstić information content (AvgIpc) is 3.15. The molecule has 1 heterocycles. The standard InChI is InChI=1S/C16H16ClNOS/c17-15-4-2-1-3-13(15)9-16(19)18(14-5-6-14)10-12-7-8-20-11-12/h1-4,7-8,11,14H,5-6,9-10H2. The third-order valence-corrected chi connectivity index (χ3v) is 4.64. The van der Waals surface area contributed by atoms with Crippen LogP contribution in [-0.4, -0.2) is 16.8 Å². The minimum absolute atomic E-state index is 0.173. The lowest BCUT2D eigenvalue weighted by molar-refractivity contribution is -0.131. The highest BCUT2D eigenvalue weighted by molar-refractivity contribution is 7.07. The minimum Gasteiger partial charge on any atom is -0.335 e. The fourth-order valence-electron chi connectivity index (χ4n) is 2.29. The van der Waals surface area contributed by atoms with Crippen LogP contribution in [0.4, 0.5) is 0 Å². The van der Waals surface area contributed by atoms with E-state index in [-0.39, 0.29) is 5.91 Å². The quantitative estimate of drug-likeness (QED) is 0.813. The van der Waals surface area contributed by atoms with E-state index < -0.39 is 0 Å². The van der Waals surface area contributed by atoms with Crippen molar-refractivity contribution in [3.05, 3.63) is 57.2 Å². The highest BCUT2D eigenvalue weighted by Crippen LogP contribution is 2.30. The van der Waals surface area contributed by atoms with Gasteiger partial charge in [0.05, 0.1) is 6.42 Å². The van der Waals surface area contributed by atoms with Crippen molar-refractivity contribution in [2.24, 2.45) is 0 Å². The van der Waals surface area contributed by atoms with Crippen LogP contribution < -0.4 is 0 Å². The van der Waals surface area contributed by atoms with Gasteiger partial charge >= 0.3 is 0 Å². The molecule has 1 aliphatic rings. The first-order valence-corrected chi connectivity index (χ1v) is 8.10. The summed E-state index contributed by atoms with van der Waals surface area (Å²) in [4.78, 5) is 14.5. The molecule has 1 aromatic carbocycles. The van der Waals surface area contributed by atoms with E-state index in [9.17, 15) is 4.79 Å². The van der Waals surface area contributed by atoms with Gasteiger partial charge in [0.25, 0.3) is 0 Å². The second-order valence-electron chi connectivity index (χ2n) is 5.15. The summed E-state index contributed by atoms with van der Waals surface area (Å²) in [5.74, 6) is 0.173. The van der Waals surface area contributed by atoms with Gasteiger partial charge in [-0.3, -0.25) is 4.79 Å². The molecule has 0 atom stereocenters. The summed E-state index contributed by atoms with van der Waals surface area (Å²) in [5.41, 5.74) is 2.13. The molecule has 0 saturated heterocycles. The largest absolute Gasteiger partial charge is 0.335 e. The molecular formula is C16H16ClNOS. The van der Waals surface area contributed by atoms with Crippen LogP contribution in [0.1, 0.15) is 24.0 Å². The number of halogens is 1. The van der Waals surface area contributed by atoms with E-state index in [1.54, 1.807) is 11.3 Å². The molecule has 0 aliphatic heterocycles. The fourth-order valence-corrected chi connectivity index (χ4v) is 3.16. The molecule has 0 radical (unpaired) electrons. The number of thiophene rings is 1. The first-order chi connectivity index (χ1) is 9.74. The summed E-state index contributed by atoms with van der Waals surface area (Å²) in [7, 11) is 0. The topological polar surface area (TPSA) is 20.3 Å². The summed E-state index contributed by atoms with van der Waals surface area (Å²) >= 11 is 7.81. The van der Waals surface area contributed by atoms with Crippen LogP contribution in [0.25, 0.3) is 0 Å². The molecule has 3 rings (SSSR count). The smallest absolute Gasteiger partial charge is 0.227 e. The molecule has 2 aromatic rings. The molecule has 0 bridgehead atoms. The molecule has 1 amide bonds. The SMILES string of the molecule is O=C(Cc1ccccc1Cl)N(Cc1ccsc1)C1CC1. The maximum Gasteiger partial charge on any atom is 0.227 e. The summed E-state index contributed by atoms with van der Waals surface area (Å²) in [5, 5.41) is 4.84. The van der Waals surface area contributed by atoms with Crippen LogP contribution in [0, 0.1) is 0 Å². The molecule has 1 saturated carbocycles. The summed E-state index contributed by atoms with van der Waals surface area (Å²) in [6.07, 6.45) is 2.64. The summed E-state index contributed by atoms with van der Waals surface area (Å²) in [6, 6.07) is 10.1.